The maximum Gasteiger partial charge on any atom is 0.530 e. The Morgan fingerprint density at radius 2 is 1.00 bits per heavy atom. The predicted molar refractivity (Wildman–Crippen MR) is 134 cm³/mol. The van der Waals surface area contributed by atoms with Gasteiger partial charge >= 0.3 is 6.95 Å². The molecule has 9 heteroatoms. The van der Waals surface area contributed by atoms with Gasteiger partial charge in [-0.25, -0.2) is 14.5 Å². The zero-order chi connectivity index (χ0) is 23.8. The molecule has 0 amide bonds. The molecule has 0 spiro atoms. The average Bonchev–Trinajstić information content (AvgIpc) is 3.48. The van der Waals surface area contributed by atoms with Crippen molar-refractivity contribution in [2.24, 2.45) is 0 Å². The molecule has 0 aliphatic rings. The van der Waals surface area contributed by atoms with Crippen LogP contribution in [0, 0.1) is 0 Å². The highest BCUT2D eigenvalue weighted by molar-refractivity contribution is 7.82. The second kappa shape index (κ2) is 8.62. The van der Waals surface area contributed by atoms with E-state index in [-0.39, 0.29) is 11.5 Å². The molecule has 0 saturated heterocycles. The summed E-state index contributed by atoms with van der Waals surface area (Å²) in [6, 6.07) is 28.5. The number of benzene rings is 4. The van der Waals surface area contributed by atoms with E-state index in [9.17, 15) is 4.57 Å². The Bertz CT molecular complexity index is 1540. The molecule has 0 atom stereocenters. The topological polar surface area (TPSA) is 87.6 Å². The van der Waals surface area contributed by atoms with Crippen LogP contribution in [0.25, 0.3) is 45.1 Å². The van der Waals surface area contributed by atoms with Crippen LogP contribution < -0.4 is 9.05 Å². The summed E-state index contributed by atoms with van der Waals surface area (Å²) in [6.07, 6.45) is 0. The smallest absolute Gasteiger partial charge is 0.436 e. The fourth-order valence-electron chi connectivity index (χ4n) is 3.67. The molecule has 35 heavy (non-hydrogen) atoms. The molecule has 0 unspecified atom stereocenters. The van der Waals surface area contributed by atoms with Crippen molar-refractivity contribution in [3.8, 4) is 34.4 Å². The molecule has 172 valence electrons. The third kappa shape index (κ3) is 4.28. The van der Waals surface area contributed by atoms with Crippen molar-refractivity contribution in [2.45, 2.75) is 0 Å². The Morgan fingerprint density at radius 3 is 1.46 bits per heavy atom. The minimum absolute atomic E-state index is 0.205. The van der Waals surface area contributed by atoms with E-state index in [0.717, 1.165) is 0 Å². The summed E-state index contributed by atoms with van der Waals surface area (Å²) >= 11 is 6.29. The van der Waals surface area contributed by atoms with Crippen molar-refractivity contribution in [1.82, 2.24) is 9.97 Å². The summed E-state index contributed by atoms with van der Waals surface area (Å²) in [7, 11) is 0. The van der Waals surface area contributed by atoms with E-state index in [4.69, 9.17) is 29.1 Å². The quantitative estimate of drug-likeness (QED) is 0.212. The number of rotatable bonds is 6. The van der Waals surface area contributed by atoms with Crippen LogP contribution in [0.5, 0.6) is 11.5 Å². The maximum atomic E-state index is 13.3. The van der Waals surface area contributed by atoms with Crippen molar-refractivity contribution in [3.63, 3.8) is 0 Å². The molecule has 0 fully saturated rings. The zero-order valence-electron chi connectivity index (χ0n) is 18.0. The first kappa shape index (κ1) is 21.5. The number of halogens is 1. The molecule has 6 rings (SSSR count). The molecule has 0 radical (unpaired) electrons. The van der Waals surface area contributed by atoms with Crippen LogP contribution in [0.15, 0.2) is 106 Å². The maximum absolute atomic E-state index is 13.3. The lowest BCUT2D eigenvalue weighted by Crippen LogP contribution is -1.98. The summed E-state index contributed by atoms with van der Waals surface area (Å²) in [5, 5.41) is 0. The first-order chi connectivity index (χ1) is 17.1. The molecule has 0 bridgehead atoms. The van der Waals surface area contributed by atoms with Crippen molar-refractivity contribution < 1.29 is 22.4 Å². The van der Waals surface area contributed by atoms with Crippen LogP contribution >= 0.6 is 18.2 Å². The second-order valence-corrected chi connectivity index (χ2v) is 10.0. The van der Waals surface area contributed by atoms with Gasteiger partial charge in [0, 0.05) is 11.2 Å². The zero-order valence-corrected chi connectivity index (χ0v) is 19.6. The van der Waals surface area contributed by atoms with E-state index in [0.29, 0.717) is 45.1 Å². The number of oxazole rings is 2. The highest BCUT2D eigenvalue weighted by atomic mass is 35.7. The summed E-state index contributed by atoms with van der Waals surface area (Å²) < 4.78 is 36.3. The van der Waals surface area contributed by atoms with Gasteiger partial charge in [-0.1, -0.05) is 48.5 Å². The fourth-order valence-corrected chi connectivity index (χ4v) is 4.95. The van der Waals surface area contributed by atoms with Gasteiger partial charge in [0.15, 0.2) is 11.2 Å². The Labute approximate surface area is 204 Å². The monoisotopic (exact) mass is 502 g/mol. The van der Waals surface area contributed by atoms with Gasteiger partial charge in [-0.05, 0) is 48.5 Å². The molecular weight excluding hydrogens is 487 g/mol. The molecule has 0 aliphatic heterocycles. The van der Waals surface area contributed by atoms with Crippen molar-refractivity contribution in [3.05, 3.63) is 97.1 Å². The third-order valence-electron chi connectivity index (χ3n) is 5.24. The lowest BCUT2D eigenvalue weighted by atomic mass is 10.2. The summed E-state index contributed by atoms with van der Waals surface area (Å²) in [6.45, 7) is -4.17. The molecule has 4 aromatic carbocycles. The molecule has 7 nitrogen and oxygen atoms in total. The van der Waals surface area contributed by atoms with Gasteiger partial charge in [0.2, 0.25) is 11.8 Å². The van der Waals surface area contributed by atoms with Gasteiger partial charge in [-0.3, -0.25) is 0 Å². The molecule has 6 aromatic rings. The average molecular weight is 503 g/mol. The summed E-state index contributed by atoms with van der Waals surface area (Å²) in [5.41, 5.74) is 3.59. The van der Waals surface area contributed by atoms with Gasteiger partial charge in [-0.15, -0.1) is 0 Å². The predicted octanol–water partition coefficient (Wildman–Crippen LogP) is 8.11. The first-order valence-corrected chi connectivity index (χ1v) is 13.1. The van der Waals surface area contributed by atoms with Gasteiger partial charge in [0.1, 0.15) is 22.5 Å². The Morgan fingerprint density at radius 1 is 0.600 bits per heavy atom. The third-order valence-corrected chi connectivity index (χ3v) is 6.48. The molecule has 0 N–H and O–H groups in total. The van der Waals surface area contributed by atoms with Gasteiger partial charge in [0.25, 0.3) is 0 Å². The van der Waals surface area contributed by atoms with E-state index in [2.05, 4.69) is 9.97 Å². The molecule has 0 saturated carbocycles. The van der Waals surface area contributed by atoms with Crippen LogP contribution in [0.4, 0.5) is 0 Å². The van der Waals surface area contributed by atoms with Gasteiger partial charge in [-0.2, -0.15) is 0 Å². The van der Waals surface area contributed by atoms with Crippen LogP contribution in [0.3, 0.4) is 0 Å². The number of aromatic nitrogens is 2. The molecule has 0 aliphatic carbocycles. The van der Waals surface area contributed by atoms with Crippen molar-refractivity contribution in [2.75, 3.05) is 0 Å². The fraction of sp³-hybridized carbons (Fsp3) is 0. The Kier molecular flexibility index (Phi) is 5.29. The van der Waals surface area contributed by atoms with Crippen LogP contribution in [-0.2, 0) is 4.57 Å². The van der Waals surface area contributed by atoms with E-state index >= 15 is 0 Å². The standard InChI is InChI=1S/C26H16ClN2O5P/c27-35(30,33-21-13-5-1-9-17(21)25-28-19-11-3-7-15-23(19)31-25)34-22-14-6-2-10-18(22)26-29-20-12-4-8-16-24(20)32-26/h1-16H. The minimum Gasteiger partial charge on any atom is -0.436 e. The van der Waals surface area contributed by atoms with E-state index in [1.165, 1.54) is 0 Å². The van der Waals surface area contributed by atoms with Crippen LogP contribution in [-0.4, -0.2) is 9.97 Å². The lowest BCUT2D eigenvalue weighted by Gasteiger charge is -2.16. The molecular formula is C26H16ClN2O5P. The Hall–Kier alpha value is -4.06. The SMILES string of the molecule is O=P(Cl)(Oc1ccccc1-c1nc2ccccc2o1)Oc1ccccc1-c1nc2ccccc2o1. The lowest BCUT2D eigenvalue weighted by molar-refractivity contribution is 0.406. The van der Waals surface area contributed by atoms with Gasteiger partial charge in [0.05, 0.1) is 11.1 Å². The highest BCUT2D eigenvalue weighted by Crippen LogP contribution is 2.55. The number of nitrogens with zero attached hydrogens (tertiary/aromatic N) is 2. The van der Waals surface area contributed by atoms with Crippen molar-refractivity contribution >= 4 is 40.4 Å². The second-order valence-electron chi connectivity index (χ2n) is 7.58. The van der Waals surface area contributed by atoms with E-state index in [1.807, 2.05) is 48.5 Å². The largest absolute Gasteiger partial charge is 0.530 e. The normalized spacial score (nSPS) is 11.7. The van der Waals surface area contributed by atoms with Crippen LogP contribution in [0.2, 0.25) is 0 Å². The van der Waals surface area contributed by atoms with E-state index in [1.54, 1.807) is 48.5 Å². The number of para-hydroxylation sites is 6. The summed E-state index contributed by atoms with van der Waals surface area (Å²) in [4.78, 5) is 8.98. The highest BCUT2D eigenvalue weighted by Gasteiger charge is 2.29. The van der Waals surface area contributed by atoms with Crippen LogP contribution in [0.1, 0.15) is 0 Å². The van der Waals surface area contributed by atoms with Crippen molar-refractivity contribution in [1.29, 1.82) is 0 Å². The minimum atomic E-state index is -4.17. The first-order valence-electron chi connectivity index (χ1n) is 10.6. The van der Waals surface area contributed by atoms with Gasteiger partial charge < -0.3 is 17.9 Å². The number of hydrogen-bond donors (Lipinski definition) is 0. The van der Waals surface area contributed by atoms with E-state index < -0.39 is 6.95 Å². The molecule has 2 heterocycles. The number of hydrogen-bond acceptors (Lipinski definition) is 7. The number of fused-ring (bicyclic) bond motifs is 2. The Balaban J connectivity index is 1.32. The summed E-state index contributed by atoms with van der Waals surface area (Å²) in [5.74, 6) is 1.03. The molecule has 2 aromatic heterocycles.